The summed E-state index contributed by atoms with van der Waals surface area (Å²) in [5.74, 6) is -1.03. The molecule has 0 aliphatic carbocycles. The van der Waals surface area contributed by atoms with Gasteiger partial charge in [-0.3, -0.25) is 9.69 Å². The van der Waals surface area contributed by atoms with Gasteiger partial charge in [0.2, 0.25) is 5.28 Å². The second-order valence-electron chi connectivity index (χ2n) is 6.71. The van der Waals surface area contributed by atoms with Gasteiger partial charge in [-0.2, -0.15) is 0 Å². The van der Waals surface area contributed by atoms with E-state index < -0.39 is 23.7 Å². The largest absolute Gasteiger partial charge is 0.480 e. The number of carboxylic acid groups (broad SMARTS) is 1. The minimum atomic E-state index is -1.03. The SMILES string of the molecule is CC(C)(C)OC(=O)N1CCN(Cc2cnc(Cl)nc2Cl)[C@H](C(=O)O)C1. The van der Waals surface area contributed by atoms with Crippen molar-refractivity contribution >= 4 is 35.3 Å². The highest BCUT2D eigenvalue weighted by atomic mass is 35.5. The molecular weight excluding hydrogens is 371 g/mol. The Balaban J connectivity index is 2.09. The van der Waals surface area contributed by atoms with E-state index in [0.29, 0.717) is 18.7 Å². The molecule has 2 heterocycles. The van der Waals surface area contributed by atoms with Gasteiger partial charge in [0.05, 0.1) is 6.54 Å². The van der Waals surface area contributed by atoms with Crippen molar-refractivity contribution in [2.75, 3.05) is 19.6 Å². The number of hydrogen-bond acceptors (Lipinski definition) is 6. The Morgan fingerprint density at radius 3 is 2.60 bits per heavy atom. The molecule has 0 bridgehead atoms. The number of amides is 1. The fourth-order valence-electron chi connectivity index (χ4n) is 2.43. The molecule has 0 saturated carbocycles. The molecule has 8 nitrogen and oxygen atoms in total. The Bertz CT molecular complexity index is 665. The van der Waals surface area contributed by atoms with Crippen LogP contribution in [-0.4, -0.2) is 68.2 Å². The van der Waals surface area contributed by atoms with Gasteiger partial charge in [0, 0.05) is 31.4 Å². The van der Waals surface area contributed by atoms with E-state index in [-0.39, 0.29) is 23.5 Å². The minimum absolute atomic E-state index is 0.0241. The third-order valence-corrected chi connectivity index (χ3v) is 4.09. The zero-order valence-corrected chi connectivity index (χ0v) is 15.7. The van der Waals surface area contributed by atoms with E-state index in [1.807, 2.05) is 0 Å². The molecule has 1 saturated heterocycles. The average Bonchev–Trinajstić information content (AvgIpc) is 2.48. The molecule has 1 amide bonds. The number of ether oxygens (including phenoxy) is 1. The quantitative estimate of drug-likeness (QED) is 0.624. The van der Waals surface area contributed by atoms with Crippen molar-refractivity contribution in [1.29, 1.82) is 0 Å². The van der Waals surface area contributed by atoms with Crippen LogP contribution in [0.15, 0.2) is 6.20 Å². The topological polar surface area (TPSA) is 95.9 Å². The van der Waals surface area contributed by atoms with Crippen molar-refractivity contribution in [3.63, 3.8) is 0 Å². The first kappa shape index (κ1) is 19.7. The molecule has 2 rings (SSSR count). The number of nitrogens with zero attached hydrogens (tertiary/aromatic N) is 4. The molecule has 138 valence electrons. The van der Waals surface area contributed by atoms with Crippen LogP contribution >= 0.6 is 23.2 Å². The maximum Gasteiger partial charge on any atom is 0.410 e. The molecule has 0 unspecified atom stereocenters. The summed E-state index contributed by atoms with van der Waals surface area (Å²) in [6.07, 6.45) is 0.947. The number of aliphatic carboxylic acids is 1. The Morgan fingerprint density at radius 2 is 2.04 bits per heavy atom. The molecular formula is C15H20Cl2N4O4. The fraction of sp³-hybridized carbons (Fsp3) is 0.600. The second-order valence-corrected chi connectivity index (χ2v) is 7.40. The molecule has 1 aliphatic rings. The number of halogens is 2. The molecule has 10 heteroatoms. The highest BCUT2D eigenvalue weighted by Crippen LogP contribution is 2.21. The summed E-state index contributed by atoms with van der Waals surface area (Å²) in [6.45, 7) is 6.26. The normalized spacial score (nSPS) is 18.9. The van der Waals surface area contributed by atoms with Crippen molar-refractivity contribution in [3.05, 3.63) is 22.2 Å². The lowest BCUT2D eigenvalue weighted by molar-refractivity contribution is -0.145. The van der Waals surface area contributed by atoms with Gasteiger partial charge in [-0.25, -0.2) is 14.8 Å². The molecule has 1 N–H and O–H groups in total. The number of carboxylic acids is 1. The lowest BCUT2D eigenvalue weighted by Gasteiger charge is -2.39. The van der Waals surface area contributed by atoms with Gasteiger partial charge in [-0.05, 0) is 32.4 Å². The van der Waals surface area contributed by atoms with Crippen molar-refractivity contribution in [1.82, 2.24) is 19.8 Å². The molecule has 0 radical (unpaired) electrons. The van der Waals surface area contributed by atoms with Crippen molar-refractivity contribution in [2.45, 2.75) is 39.0 Å². The lowest BCUT2D eigenvalue weighted by Crippen LogP contribution is -2.57. The number of piperazine rings is 1. The van der Waals surface area contributed by atoms with Crippen molar-refractivity contribution < 1.29 is 19.4 Å². The Labute approximate surface area is 155 Å². The first-order chi connectivity index (χ1) is 11.6. The van der Waals surface area contributed by atoms with Crippen LogP contribution in [0.5, 0.6) is 0 Å². The fourth-order valence-corrected chi connectivity index (χ4v) is 2.79. The molecule has 1 fully saturated rings. The van der Waals surface area contributed by atoms with Gasteiger partial charge in [0.25, 0.3) is 0 Å². The lowest BCUT2D eigenvalue weighted by atomic mass is 10.1. The van der Waals surface area contributed by atoms with Crippen LogP contribution in [0.3, 0.4) is 0 Å². The van der Waals surface area contributed by atoms with Gasteiger partial charge >= 0.3 is 12.1 Å². The summed E-state index contributed by atoms with van der Waals surface area (Å²) >= 11 is 11.7. The summed E-state index contributed by atoms with van der Waals surface area (Å²) in [5.41, 5.74) is -0.0655. The van der Waals surface area contributed by atoms with E-state index >= 15 is 0 Å². The number of hydrogen-bond donors (Lipinski definition) is 1. The van der Waals surface area contributed by atoms with E-state index in [2.05, 4.69) is 9.97 Å². The standard InChI is InChI=1S/C15H20Cl2N4O4/c1-15(2,3)25-14(24)21-5-4-20(10(8-21)12(22)23)7-9-6-18-13(17)19-11(9)16/h6,10H,4-5,7-8H2,1-3H3,(H,22,23)/t10-/m0/s1. The van der Waals surface area contributed by atoms with E-state index in [9.17, 15) is 14.7 Å². The Kier molecular flexibility index (Phi) is 6.08. The third kappa shape index (κ3) is 5.42. The monoisotopic (exact) mass is 390 g/mol. The summed E-state index contributed by atoms with van der Waals surface area (Å²) < 4.78 is 5.31. The summed E-state index contributed by atoms with van der Waals surface area (Å²) in [7, 11) is 0. The number of rotatable bonds is 3. The number of carbonyl (C=O) groups excluding carboxylic acids is 1. The van der Waals surface area contributed by atoms with Gasteiger partial charge < -0.3 is 14.7 Å². The number of aromatic nitrogens is 2. The smallest absolute Gasteiger partial charge is 0.410 e. The Morgan fingerprint density at radius 1 is 1.36 bits per heavy atom. The van der Waals surface area contributed by atoms with Crippen LogP contribution in [0.2, 0.25) is 10.4 Å². The molecule has 1 atom stereocenters. The van der Waals surface area contributed by atoms with Crippen LogP contribution < -0.4 is 0 Å². The minimum Gasteiger partial charge on any atom is -0.480 e. The van der Waals surface area contributed by atoms with Gasteiger partial charge in [-0.1, -0.05) is 11.6 Å². The van der Waals surface area contributed by atoms with E-state index in [1.165, 1.54) is 11.1 Å². The zero-order valence-electron chi connectivity index (χ0n) is 14.2. The van der Waals surface area contributed by atoms with Crippen LogP contribution in [0.1, 0.15) is 26.3 Å². The molecule has 1 aliphatic heterocycles. The molecule has 0 spiro atoms. The Hall–Kier alpha value is -1.64. The van der Waals surface area contributed by atoms with E-state index in [4.69, 9.17) is 27.9 Å². The highest BCUT2D eigenvalue weighted by Gasteiger charge is 2.36. The van der Waals surface area contributed by atoms with E-state index in [0.717, 1.165) is 0 Å². The first-order valence-corrected chi connectivity index (χ1v) is 8.44. The van der Waals surface area contributed by atoms with Crippen LogP contribution in [-0.2, 0) is 16.1 Å². The highest BCUT2D eigenvalue weighted by molar-refractivity contribution is 6.32. The van der Waals surface area contributed by atoms with Crippen LogP contribution in [0.4, 0.5) is 4.79 Å². The molecule has 0 aromatic carbocycles. The van der Waals surface area contributed by atoms with Crippen LogP contribution in [0, 0.1) is 0 Å². The number of carbonyl (C=O) groups is 2. The average molecular weight is 391 g/mol. The summed E-state index contributed by atoms with van der Waals surface area (Å²) in [6, 6.07) is -0.881. The van der Waals surface area contributed by atoms with Crippen molar-refractivity contribution in [3.8, 4) is 0 Å². The van der Waals surface area contributed by atoms with Crippen molar-refractivity contribution in [2.24, 2.45) is 0 Å². The zero-order chi connectivity index (χ0) is 18.8. The van der Waals surface area contributed by atoms with Crippen LogP contribution in [0.25, 0.3) is 0 Å². The summed E-state index contributed by atoms with van der Waals surface area (Å²) in [5, 5.41) is 9.73. The van der Waals surface area contributed by atoms with Gasteiger partial charge in [0.15, 0.2) is 0 Å². The molecule has 25 heavy (non-hydrogen) atoms. The molecule has 1 aromatic heterocycles. The predicted molar refractivity (Wildman–Crippen MR) is 91.7 cm³/mol. The third-order valence-electron chi connectivity index (χ3n) is 3.58. The second kappa shape index (κ2) is 7.72. The maximum absolute atomic E-state index is 12.2. The van der Waals surface area contributed by atoms with Gasteiger partial charge in [0.1, 0.15) is 16.8 Å². The first-order valence-electron chi connectivity index (χ1n) is 7.68. The maximum atomic E-state index is 12.2. The van der Waals surface area contributed by atoms with Gasteiger partial charge in [-0.15, -0.1) is 0 Å². The molecule has 1 aromatic rings. The summed E-state index contributed by atoms with van der Waals surface area (Å²) in [4.78, 5) is 34.7. The predicted octanol–water partition coefficient (Wildman–Crippen LogP) is 2.29. The van der Waals surface area contributed by atoms with E-state index in [1.54, 1.807) is 25.7 Å².